The number of benzene rings is 1. The standard InChI is InChI=1S/C16H21FO2/c1-10-4-7-12(16(2,3)17)8-13(10)14(9-15(18)19)11-5-6-11/h4,7-8,11,14H,5-6,9H2,1-3H3,(H,18,19). The molecule has 1 unspecified atom stereocenters. The minimum atomic E-state index is -1.39. The van der Waals surface area contributed by atoms with Crippen molar-refractivity contribution in [1.82, 2.24) is 0 Å². The Morgan fingerprint density at radius 2 is 2.11 bits per heavy atom. The first kappa shape index (κ1) is 14.0. The van der Waals surface area contributed by atoms with Crippen LogP contribution in [-0.2, 0) is 10.5 Å². The molecule has 104 valence electrons. The molecule has 1 aliphatic carbocycles. The van der Waals surface area contributed by atoms with E-state index in [9.17, 15) is 9.18 Å². The van der Waals surface area contributed by atoms with Crippen LogP contribution in [0.4, 0.5) is 4.39 Å². The van der Waals surface area contributed by atoms with E-state index in [1.54, 1.807) is 6.07 Å². The first-order valence-corrected chi connectivity index (χ1v) is 6.81. The first-order valence-electron chi connectivity index (χ1n) is 6.81. The molecule has 0 amide bonds. The van der Waals surface area contributed by atoms with Gasteiger partial charge in [-0.1, -0.05) is 18.2 Å². The Labute approximate surface area is 113 Å². The van der Waals surface area contributed by atoms with Crippen molar-refractivity contribution < 1.29 is 14.3 Å². The summed E-state index contributed by atoms with van der Waals surface area (Å²) in [5.74, 6) is -0.297. The van der Waals surface area contributed by atoms with Crippen molar-refractivity contribution in [3.63, 3.8) is 0 Å². The second kappa shape index (κ2) is 4.95. The summed E-state index contributed by atoms with van der Waals surface area (Å²) in [5.41, 5.74) is 1.31. The van der Waals surface area contributed by atoms with Crippen LogP contribution >= 0.6 is 0 Å². The molecule has 0 aromatic heterocycles. The smallest absolute Gasteiger partial charge is 0.303 e. The van der Waals surface area contributed by atoms with Crippen LogP contribution in [0.25, 0.3) is 0 Å². The van der Waals surface area contributed by atoms with Crippen molar-refractivity contribution in [2.45, 2.75) is 51.6 Å². The molecule has 1 fully saturated rings. The number of rotatable bonds is 5. The molecular formula is C16H21FO2. The Morgan fingerprint density at radius 1 is 1.47 bits per heavy atom. The van der Waals surface area contributed by atoms with Gasteiger partial charge in [0.25, 0.3) is 0 Å². The monoisotopic (exact) mass is 264 g/mol. The number of carboxylic acid groups (broad SMARTS) is 1. The molecule has 3 heteroatoms. The minimum absolute atomic E-state index is 0.0276. The average Bonchev–Trinajstić information content (AvgIpc) is 3.08. The molecule has 2 nitrogen and oxygen atoms in total. The van der Waals surface area contributed by atoms with Gasteiger partial charge >= 0.3 is 5.97 Å². The van der Waals surface area contributed by atoms with Crippen LogP contribution in [0.3, 0.4) is 0 Å². The summed E-state index contributed by atoms with van der Waals surface area (Å²) in [5, 5.41) is 9.07. The lowest BCUT2D eigenvalue weighted by Crippen LogP contribution is -2.14. The topological polar surface area (TPSA) is 37.3 Å². The summed E-state index contributed by atoms with van der Waals surface area (Å²) in [6.07, 6.45) is 2.31. The van der Waals surface area contributed by atoms with Crippen LogP contribution in [0.5, 0.6) is 0 Å². The number of carboxylic acids is 1. The van der Waals surface area contributed by atoms with Crippen LogP contribution in [0.2, 0.25) is 0 Å². The highest BCUT2D eigenvalue weighted by molar-refractivity contribution is 5.68. The SMILES string of the molecule is Cc1ccc(C(C)(C)F)cc1C(CC(=O)O)C1CC1. The van der Waals surface area contributed by atoms with E-state index in [1.165, 1.54) is 13.8 Å². The van der Waals surface area contributed by atoms with Gasteiger partial charge in [-0.2, -0.15) is 0 Å². The highest BCUT2D eigenvalue weighted by Gasteiger charge is 2.35. The van der Waals surface area contributed by atoms with Gasteiger partial charge in [-0.3, -0.25) is 4.79 Å². The Balaban J connectivity index is 2.38. The molecule has 1 atom stereocenters. The maximum Gasteiger partial charge on any atom is 0.303 e. The first-order chi connectivity index (χ1) is 8.79. The van der Waals surface area contributed by atoms with Crippen molar-refractivity contribution in [1.29, 1.82) is 0 Å². The van der Waals surface area contributed by atoms with Crippen LogP contribution in [0.15, 0.2) is 18.2 Å². The maximum atomic E-state index is 14.1. The molecule has 1 N–H and O–H groups in total. The van der Waals surface area contributed by atoms with Gasteiger partial charge in [-0.25, -0.2) is 4.39 Å². The molecule has 0 bridgehead atoms. The zero-order valence-electron chi connectivity index (χ0n) is 11.7. The predicted molar refractivity (Wildman–Crippen MR) is 73.0 cm³/mol. The second-order valence-corrected chi connectivity index (χ2v) is 6.09. The molecule has 1 aromatic carbocycles. The summed E-state index contributed by atoms with van der Waals surface area (Å²) in [7, 11) is 0. The van der Waals surface area contributed by atoms with Gasteiger partial charge in [0, 0.05) is 0 Å². The number of aliphatic carboxylic acids is 1. The van der Waals surface area contributed by atoms with Gasteiger partial charge in [-0.05, 0) is 62.1 Å². The van der Waals surface area contributed by atoms with E-state index in [1.807, 2.05) is 19.1 Å². The molecule has 0 aliphatic heterocycles. The highest BCUT2D eigenvalue weighted by Crippen LogP contribution is 2.46. The van der Waals surface area contributed by atoms with E-state index in [0.717, 1.165) is 24.0 Å². The quantitative estimate of drug-likeness (QED) is 0.866. The Kier molecular flexibility index (Phi) is 3.66. The molecule has 0 saturated heterocycles. The van der Waals surface area contributed by atoms with Gasteiger partial charge in [0.05, 0.1) is 6.42 Å². The fourth-order valence-corrected chi connectivity index (χ4v) is 2.63. The fourth-order valence-electron chi connectivity index (χ4n) is 2.63. The number of carbonyl (C=O) groups is 1. The molecular weight excluding hydrogens is 243 g/mol. The number of hydrogen-bond acceptors (Lipinski definition) is 1. The summed E-state index contributed by atoms with van der Waals surface area (Å²) >= 11 is 0. The number of aryl methyl sites for hydroxylation is 1. The number of alkyl halides is 1. The maximum absolute atomic E-state index is 14.1. The minimum Gasteiger partial charge on any atom is -0.481 e. The van der Waals surface area contributed by atoms with Crippen LogP contribution in [0, 0.1) is 12.8 Å². The van der Waals surface area contributed by atoms with Crippen LogP contribution in [-0.4, -0.2) is 11.1 Å². The van der Waals surface area contributed by atoms with Crippen molar-refractivity contribution in [2.75, 3.05) is 0 Å². The predicted octanol–water partition coefficient (Wildman–Crippen LogP) is 4.17. The molecule has 1 aromatic rings. The summed E-state index contributed by atoms with van der Waals surface area (Å²) < 4.78 is 14.1. The Bertz CT molecular complexity index is 484. The average molecular weight is 264 g/mol. The van der Waals surface area contributed by atoms with Gasteiger partial charge in [0.15, 0.2) is 0 Å². The number of hydrogen-bond donors (Lipinski definition) is 1. The molecule has 19 heavy (non-hydrogen) atoms. The van der Waals surface area contributed by atoms with Crippen molar-refractivity contribution in [3.8, 4) is 0 Å². The molecule has 1 aliphatic rings. The van der Waals surface area contributed by atoms with Crippen LogP contribution < -0.4 is 0 Å². The van der Waals surface area contributed by atoms with Crippen molar-refractivity contribution in [3.05, 3.63) is 34.9 Å². The lowest BCUT2D eigenvalue weighted by atomic mass is 9.85. The third kappa shape index (κ3) is 3.34. The van der Waals surface area contributed by atoms with Crippen molar-refractivity contribution in [2.24, 2.45) is 5.92 Å². The summed E-state index contributed by atoms with van der Waals surface area (Å²) in [4.78, 5) is 11.0. The van der Waals surface area contributed by atoms with E-state index in [2.05, 4.69) is 0 Å². The normalized spacial score (nSPS) is 17.3. The van der Waals surface area contributed by atoms with E-state index in [0.29, 0.717) is 11.5 Å². The summed E-state index contributed by atoms with van der Waals surface area (Å²) in [6, 6.07) is 5.56. The van der Waals surface area contributed by atoms with Gasteiger partial charge < -0.3 is 5.11 Å². The molecule has 0 heterocycles. The van der Waals surface area contributed by atoms with Crippen LogP contribution in [0.1, 0.15) is 55.7 Å². The highest BCUT2D eigenvalue weighted by atomic mass is 19.1. The molecule has 0 spiro atoms. The van der Waals surface area contributed by atoms with E-state index in [4.69, 9.17) is 5.11 Å². The Hall–Kier alpha value is -1.38. The second-order valence-electron chi connectivity index (χ2n) is 6.09. The lowest BCUT2D eigenvalue weighted by Gasteiger charge is -2.21. The van der Waals surface area contributed by atoms with Gasteiger partial charge in [0.1, 0.15) is 5.67 Å². The van der Waals surface area contributed by atoms with Crippen molar-refractivity contribution >= 4 is 5.97 Å². The van der Waals surface area contributed by atoms with E-state index in [-0.39, 0.29) is 12.3 Å². The fraction of sp³-hybridized carbons (Fsp3) is 0.562. The Morgan fingerprint density at radius 3 is 2.58 bits per heavy atom. The number of halogens is 1. The molecule has 1 saturated carbocycles. The third-order valence-corrected chi connectivity index (χ3v) is 3.95. The van der Waals surface area contributed by atoms with Gasteiger partial charge in [0.2, 0.25) is 0 Å². The van der Waals surface area contributed by atoms with E-state index >= 15 is 0 Å². The summed E-state index contributed by atoms with van der Waals surface area (Å²) in [6.45, 7) is 5.04. The molecule has 2 rings (SSSR count). The third-order valence-electron chi connectivity index (χ3n) is 3.95. The van der Waals surface area contributed by atoms with E-state index < -0.39 is 11.6 Å². The van der Waals surface area contributed by atoms with Gasteiger partial charge in [-0.15, -0.1) is 0 Å². The largest absolute Gasteiger partial charge is 0.481 e. The zero-order valence-corrected chi connectivity index (χ0v) is 11.7. The zero-order chi connectivity index (χ0) is 14.2. The lowest BCUT2D eigenvalue weighted by molar-refractivity contribution is -0.137. The molecule has 0 radical (unpaired) electrons.